The maximum Gasteiger partial charge on any atom is 0.323 e. The van der Waals surface area contributed by atoms with Crippen LogP contribution in [0.2, 0.25) is 10.0 Å². The summed E-state index contributed by atoms with van der Waals surface area (Å²) in [5.41, 5.74) is 5.82. The molecule has 2 atom stereocenters. The Morgan fingerprint density at radius 3 is 2.60 bits per heavy atom. The van der Waals surface area contributed by atoms with Gasteiger partial charge in [0, 0.05) is 6.54 Å². The molecule has 0 spiro atoms. The van der Waals surface area contributed by atoms with Crippen LogP contribution in [-0.2, 0) is 35.5 Å². The number of esters is 1. The van der Waals surface area contributed by atoms with Crippen LogP contribution in [0, 0.1) is 0 Å². The minimum atomic E-state index is -0.304. The van der Waals surface area contributed by atoms with Gasteiger partial charge < -0.3 is 19.5 Å². The van der Waals surface area contributed by atoms with Gasteiger partial charge >= 0.3 is 5.97 Å². The van der Waals surface area contributed by atoms with E-state index in [4.69, 9.17) is 37.4 Å². The third kappa shape index (κ3) is 5.43. The molecule has 35 heavy (non-hydrogen) atoms. The molecule has 3 aromatic carbocycles. The minimum absolute atomic E-state index is 0.226. The highest BCUT2D eigenvalue weighted by Gasteiger charge is 2.27. The van der Waals surface area contributed by atoms with E-state index in [1.165, 1.54) is 23.8 Å². The Morgan fingerprint density at radius 2 is 1.83 bits per heavy atom. The fraction of sp³-hybridized carbons (Fsp3) is 0.321. The monoisotopic (exact) mass is 511 g/mol. The maximum atomic E-state index is 11.9. The van der Waals surface area contributed by atoms with Crippen molar-refractivity contribution in [3.63, 3.8) is 0 Å². The standard InChI is InChI=1S/C28H27Cl2NO4/c1-33-28(32)26-13-20-14-27-21(12-22(20)15-31-26)11-19(8-9-34-27)18-3-5-23(6-4-18)35-16-17-2-7-24(29)25(30)10-17/h2-7,10,12,14,19,26,31H,8-9,11,13,15-16H2,1H3/t19?,26-/m0/s1. The van der Waals surface area contributed by atoms with E-state index < -0.39 is 0 Å². The molecule has 0 saturated carbocycles. The fourth-order valence-electron chi connectivity index (χ4n) is 4.80. The summed E-state index contributed by atoms with van der Waals surface area (Å²) in [6.45, 7) is 1.74. The molecule has 1 N–H and O–H groups in total. The van der Waals surface area contributed by atoms with Crippen LogP contribution < -0.4 is 14.8 Å². The van der Waals surface area contributed by atoms with Crippen molar-refractivity contribution in [3.05, 3.63) is 92.5 Å². The van der Waals surface area contributed by atoms with Gasteiger partial charge in [-0.3, -0.25) is 4.79 Å². The van der Waals surface area contributed by atoms with Gasteiger partial charge in [0.25, 0.3) is 0 Å². The van der Waals surface area contributed by atoms with E-state index in [0.717, 1.165) is 35.5 Å². The van der Waals surface area contributed by atoms with Crippen molar-refractivity contribution < 1.29 is 19.0 Å². The van der Waals surface area contributed by atoms with E-state index in [9.17, 15) is 4.79 Å². The molecule has 5 nitrogen and oxygen atoms in total. The van der Waals surface area contributed by atoms with Crippen LogP contribution in [0.4, 0.5) is 0 Å². The van der Waals surface area contributed by atoms with Crippen LogP contribution in [0.1, 0.15) is 40.2 Å². The smallest absolute Gasteiger partial charge is 0.323 e. The summed E-state index contributed by atoms with van der Waals surface area (Å²) in [5, 5.41) is 4.35. The Labute approximate surface area is 215 Å². The van der Waals surface area contributed by atoms with Crippen LogP contribution in [-0.4, -0.2) is 25.7 Å². The third-order valence-corrected chi connectivity index (χ3v) is 7.50. The number of hydrogen-bond donors (Lipinski definition) is 1. The van der Waals surface area contributed by atoms with Gasteiger partial charge in [0.05, 0.1) is 23.8 Å². The molecule has 7 heteroatoms. The predicted octanol–water partition coefficient (Wildman–Crippen LogP) is 5.87. The van der Waals surface area contributed by atoms with Gasteiger partial charge in [0.1, 0.15) is 24.1 Å². The number of hydrogen-bond acceptors (Lipinski definition) is 5. The van der Waals surface area contributed by atoms with Crippen molar-refractivity contribution in [1.29, 1.82) is 0 Å². The molecular formula is C28H27Cl2NO4. The molecule has 3 aromatic rings. The van der Waals surface area contributed by atoms with Crippen LogP contribution in [0.15, 0.2) is 54.6 Å². The van der Waals surface area contributed by atoms with Crippen LogP contribution >= 0.6 is 23.2 Å². The van der Waals surface area contributed by atoms with Gasteiger partial charge in [-0.25, -0.2) is 0 Å². The molecule has 0 fully saturated rings. The summed E-state index contributed by atoms with van der Waals surface area (Å²) in [6.07, 6.45) is 2.46. The van der Waals surface area contributed by atoms with Gasteiger partial charge in [-0.15, -0.1) is 0 Å². The number of benzene rings is 3. The number of nitrogens with one attached hydrogen (secondary N) is 1. The fourth-order valence-corrected chi connectivity index (χ4v) is 5.12. The van der Waals surface area contributed by atoms with E-state index in [-0.39, 0.29) is 12.0 Å². The van der Waals surface area contributed by atoms with E-state index in [2.05, 4.69) is 29.6 Å². The second kappa shape index (κ2) is 10.5. The van der Waals surface area contributed by atoms with Gasteiger partial charge in [-0.05, 0) is 83.3 Å². The zero-order chi connectivity index (χ0) is 24.4. The summed E-state index contributed by atoms with van der Waals surface area (Å²) in [7, 11) is 1.42. The Kier molecular flexibility index (Phi) is 7.19. The van der Waals surface area contributed by atoms with Crippen molar-refractivity contribution in [1.82, 2.24) is 5.32 Å². The normalized spacial score (nSPS) is 19.1. The van der Waals surface area contributed by atoms with E-state index in [1.807, 2.05) is 24.3 Å². The number of ether oxygens (including phenoxy) is 3. The van der Waals surface area contributed by atoms with Crippen molar-refractivity contribution in [2.75, 3.05) is 13.7 Å². The number of fused-ring (bicyclic) bond motifs is 2. The average Bonchev–Trinajstić information content (AvgIpc) is 3.09. The van der Waals surface area contributed by atoms with Gasteiger partial charge in [-0.2, -0.15) is 0 Å². The molecule has 0 aliphatic carbocycles. The molecule has 2 aliphatic rings. The second-order valence-electron chi connectivity index (χ2n) is 9.03. The van der Waals surface area contributed by atoms with Crippen LogP contribution in [0.25, 0.3) is 0 Å². The number of carbonyl (C=O) groups excluding carboxylic acids is 1. The summed E-state index contributed by atoms with van der Waals surface area (Å²) >= 11 is 12.1. The number of rotatable bonds is 5. The van der Waals surface area contributed by atoms with Crippen LogP contribution in [0.5, 0.6) is 11.5 Å². The lowest BCUT2D eigenvalue weighted by atomic mass is 9.87. The lowest BCUT2D eigenvalue weighted by molar-refractivity contribution is -0.143. The second-order valence-corrected chi connectivity index (χ2v) is 9.85. The molecule has 0 bridgehead atoms. The first-order valence-electron chi connectivity index (χ1n) is 11.8. The molecule has 0 saturated heterocycles. The van der Waals surface area contributed by atoms with Gasteiger partial charge in [-0.1, -0.05) is 47.5 Å². The maximum absolute atomic E-state index is 11.9. The summed E-state index contributed by atoms with van der Waals surface area (Å²) in [5.74, 6) is 1.87. The summed E-state index contributed by atoms with van der Waals surface area (Å²) < 4.78 is 17.0. The number of carbonyl (C=O) groups is 1. The molecule has 0 aromatic heterocycles. The molecule has 1 unspecified atom stereocenters. The van der Waals surface area contributed by atoms with Crippen molar-refractivity contribution in [3.8, 4) is 11.5 Å². The predicted molar refractivity (Wildman–Crippen MR) is 137 cm³/mol. The zero-order valence-electron chi connectivity index (χ0n) is 19.5. The average molecular weight is 512 g/mol. The minimum Gasteiger partial charge on any atom is -0.493 e. The lowest BCUT2D eigenvalue weighted by Crippen LogP contribution is -2.42. The topological polar surface area (TPSA) is 56.8 Å². The summed E-state index contributed by atoms with van der Waals surface area (Å²) in [4.78, 5) is 11.9. The zero-order valence-corrected chi connectivity index (χ0v) is 21.0. The third-order valence-electron chi connectivity index (χ3n) is 6.76. The highest BCUT2D eigenvalue weighted by molar-refractivity contribution is 6.42. The molecular weight excluding hydrogens is 485 g/mol. The molecule has 2 heterocycles. The van der Waals surface area contributed by atoms with Crippen LogP contribution in [0.3, 0.4) is 0 Å². The largest absolute Gasteiger partial charge is 0.493 e. The number of methoxy groups -OCH3 is 1. The molecule has 0 amide bonds. The van der Waals surface area contributed by atoms with E-state index >= 15 is 0 Å². The molecule has 5 rings (SSSR count). The SMILES string of the molecule is COC(=O)[C@@H]1Cc2cc3c(cc2CN1)CC(c1ccc(OCc2ccc(Cl)c(Cl)c2)cc1)CCO3. The Hall–Kier alpha value is -2.73. The van der Waals surface area contributed by atoms with Crippen molar-refractivity contribution in [2.45, 2.75) is 44.4 Å². The first-order chi connectivity index (χ1) is 17.0. The first kappa shape index (κ1) is 24.0. The van der Waals surface area contributed by atoms with Crippen molar-refractivity contribution in [2.24, 2.45) is 0 Å². The van der Waals surface area contributed by atoms with Crippen molar-refractivity contribution >= 4 is 29.2 Å². The Bertz CT molecular complexity index is 1230. The Balaban J connectivity index is 1.26. The Morgan fingerprint density at radius 1 is 1.00 bits per heavy atom. The molecule has 0 radical (unpaired) electrons. The molecule has 182 valence electrons. The van der Waals surface area contributed by atoms with E-state index in [0.29, 0.717) is 42.1 Å². The van der Waals surface area contributed by atoms with E-state index in [1.54, 1.807) is 6.07 Å². The van der Waals surface area contributed by atoms with Gasteiger partial charge in [0.15, 0.2) is 0 Å². The molecule has 2 aliphatic heterocycles. The highest BCUT2D eigenvalue weighted by Crippen LogP contribution is 2.36. The first-order valence-corrected chi connectivity index (χ1v) is 12.5. The summed E-state index contributed by atoms with van der Waals surface area (Å²) in [6, 6.07) is 17.9. The number of halogens is 2. The lowest BCUT2D eigenvalue weighted by Gasteiger charge is -2.25. The highest BCUT2D eigenvalue weighted by atomic mass is 35.5. The van der Waals surface area contributed by atoms with Gasteiger partial charge in [0.2, 0.25) is 0 Å². The quantitative estimate of drug-likeness (QED) is 0.434.